The molecule has 1 saturated carbocycles. The van der Waals surface area contributed by atoms with Gasteiger partial charge in [0.05, 0.1) is 0 Å². The molecule has 0 bridgehead atoms. The summed E-state index contributed by atoms with van der Waals surface area (Å²) in [5.74, 6) is 1.83. The Bertz CT molecular complexity index is 584. The lowest BCUT2D eigenvalue weighted by Gasteiger charge is -2.10. The summed E-state index contributed by atoms with van der Waals surface area (Å²) in [4.78, 5) is 4.20. The second kappa shape index (κ2) is 5.26. The highest BCUT2D eigenvalue weighted by molar-refractivity contribution is 5.80. The van der Waals surface area contributed by atoms with Gasteiger partial charge in [0.1, 0.15) is 5.82 Å². The molecule has 2 aromatic rings. The predicted octanol–water partition coefficient (Wildman–Crippen LogP) is 0.599. The molecule has 6 nitrogen and oxygen atoms in total. The highest BCUT2D eigenvalue weighted by Crippen LogP contribution is 2.18. The molecule has 0 aromatic carbocycles. The third-order valence-electron chi connectivity index (χ3n) is 3.17. The van der Waals surface area contributed by atoms with Crippen molar-refractivity contribution in [3.8, 4) is 0 Å². The fourth-order valence-electron chi connectivity index (χ4n) is 1.97. The monoisotopic (exact) mass is 258 g/mol. The van der Waals surface area contributed by atoms with Gasteiger partial charge in [-0.05, 0) is 25.0 Å². The second-order valence-electron chi connectivity index (χ2n) is 4.71. The first-order chi connectivity index (χ1) is 9.36. The van der Waals surface area contributed by atoms with E-state index in [4.69, 9.17) is 0 Å². The third kappa shape index (κ3) is 2.83. The van der Waals surface area contributed by atoms with Crippen molar-refractivity contribution in [1.82, 2.24) is 25.2 Å². The zero-order valence-electron chi connectivity index (χ0n) is 11.0. The molecule has 0 aliphatic heterocycles. The number of pyridine rings is 1. The first kappa shape index (κ1) is 12.0. The van der Waals surface area contributed by atoms with Gasteiger partial charge in [-0.3, -0.25) is 9.39 Å². The van der Waals surface area contributed by atoms with Crippen molar-refractivity contribution in [3.05, 3.63) is 30.2 Å². The fourth-order valence-corrected chi connectivity index (χ4v) is 1.97. The topological polar surface area (TPSA) is 66.6 Å². The molecule has 0 radical (unpaired) electrons. The van der Waals surface area contributed by atoms with Gasteiger partial charge in [-0.2, -0.15) is 0 Å². The number of hydrogen-bond acceptors (Lipinski definition) is 3. The minimum atomic E-state index is 0.611. The Morgan fingerprint density at radius 3 is 3.11 bits per heavy atom. The molecule has 2 aromatic heterocycles. The van der Waals surface area contributed by atoms with Crippen molar-refractivity contribution in [2.24, 2.45) is 4.99 Å². The Kier molecular flexibility index (Phi) is 3.31. The van der Waals surface area contributed by atoms with Gasteiger partial charge in [-0.25, -0.2) is 0 Å². The summed E-state index contributed by atoms with van der Waals surface area (Å²) in [5.41, 5.74) is 0.887. The summed E-state index contributed by atoms with van der Waals surface area (Å²) in [6, 6.07) is 6.52. The van der Waals surface area contributed by atoms with Gasteiger partial charge in [-0.1, -0.05) is 6.07 Å². The van der Waals surface area contributed by atoms with Crippen LogP contribution in [0.2, 0.25) is 0 Å². The molecule has 2 heterocycles. The number of guanidine groups is 1. The zero-order valence-corrected chi connectivity index (χ0v) is 11.0. The summed E-state index contributed by atoms with van der Waals surface area (Å²) in [5, 5.41) is 15.0. The van der Waals surface area contributed by atoms with E-state index in [0.717, 1.165) is 30.4 Å². The molecule has 0 spiro atoms. The van der Waals surface area contributed by atoms with E-state index >= 15 is 0 Å². The summed E-state index contributed by atoms with van der Waals surface area (Å²) >= 11 is 0. The van der Waals surface area contributed by atoms with E-state index in [1.54, 1.807) is 7.05 Å². The molecule has 3 rings (SSSR count). The zero-order chi connectivity index (χ0) is 13.1. The quantitative estimate of drug-likeness (QED) is 0.622. The van der Waals surface area contributed by atoms with Gasteiger partial charge >= 0.3 is 0 Å². The average molecular weight is 258 g/mol. The van der Waals surface area contributed by atoms with Crippen LogP contribution in [0.3, 0.4) is 0 Å². The van der Waals surface area contributed by atoms with Gasteiger partial charge in [0.25, 0.3) is 0 Å². The number of aromatic nitrogens is 3. The highest BCUT2D eigenvalue weighted by Gasteiger charge is 2.21. The lowest BCUT2D eigenvalue weighted by molar-refractivity contribution is 0.759. The SMILES string of the molecule is CN=C(NCCc1nnc2ccccn12)NC1CC1. The lowest BCUT2D eigenvalue weighted by Crippen LogP contribution is -2.39. The van der Waals surface area contributed by atoms with E-state index < -0.39 is 0 Å². The van der Waals surface area contributed by atoms with E-state index in [-0.39, 0.29) is 0 Å². The van der Waals surface area contributed by atoms with Crippen LogP contribution in [0, 0.1) is 0 Å². The highest BCUT2D eigenvalue weighted by atomic mass is 15.2. The minimum Gasteiger partial charge on any atom is -0.356 e. The van der Waals surface area contributed by atoms with E-state index in [2.05, 4.69) is 25.8 Å². The number of aliphatic imine (C=N–C) groups is 1. The van der Waals surface area contributed by atoms with Crippen LogP contribution in [0.5, 0.6) is 0 Å². The van der Waals surface area contributed by atoms with Gasteiger partial charge in [0.15, 0.2) is 11.6 Å². The van der Waals surface area contributed by atoms with Crippen LogP contribution in [-0.4, -0.2) is 40.2 Å². The normalized spacial score (nSPS) is 15.7. The Morgan fingerprint density at radius 1 is 1.42 bits per heavy atom. The lowest BCUT2D eigenvalue weighted by atomic mass is 10.4. The van der Waals surface area contributed by atoms with Crippen LogP contribution in [0.1, 0.15) is 18.7 Å². The van der Waals surface area contributed by atoms with Crippen molar-refractivity contribution >= 4 is 11.6 Å². The molecule has 1 fully saturated rings. The molecule has 0 unspecified atom stereocenters. The van der Waals surface area contributed by atoms with E-state index in [1.165, 1.54) is 12.8 Å². The van der Waals surface area contributed by atoms with E-state index in [1.807, 2.05) is 28.8 Å². The standard InChI is InChI=1S/C13H18N6/c1-14-13(16-10-5-6-10)15-8-7-12-18-17-11-4-2-3-9-19(11)12/h2-4,9-10H,5-8H2,1H3,(H2,14,15,16). The third-order valence-corrected chi connectivity index (χ3v) is 3.17. The van der Waals surface area contributed by atoms with E-state index in [0.29, 0.717) is 6.04 Å². The van der Waals surface area contributed by atoms with Crippen molar-refractivity contribution in [3.63, 3.8) is 0 Å². The van der Waals surface area contributed by atoms with E-state index in [9.17, 15) is 0 Å². The van der Waals surface area contributed by atoms with Crippen molar-refractivity contribution in [2.45, 2.75) is 25.3 Å². The number of nitrogens with one attached hydrogen (secondary N) is 2. The fraction of sp³-hybridized carbons (Fsp3) is 0.462. The Hall–Kier alpha value is -2.11. The smallest absolute Gasteiger partial charge is 0.191 e. The maximum absolute atomic E-state index is 4.20. The molecule has 0 saturated heterocycles. The molecular formula is C13H18N6. The van der Waals surface area contributed by atoms with Crippen molar-refractivity contribution in [2.75, 3.05) is 13.6 Å². The molecule has 6 heteroatoms. The van der Waals surface area contributed by atoms with Crippen LogP contribution in [0.25, 0.3) is 5.65 Å². The maximum Gasteiger partial charge on any atom is 0.191 e. The number of rotatable bonds is 4. The van der Waals surface area contributed by atoms with Crippen LogP contribution in [0.4, 0.5) is 0 Å². The molecule has 19 heavy (non-hydrogen) atoms. The Morgan fingerprint density at radius 2 is 2.32 bits per heavy atom. The minimum absolute atomic E-state index is 0.611. The van der Waals surface area contributed by atoms with Gasteiger partial charge in [0.2, 0.25) is 0 Å². The molecule has 100 valence electrons. The molecular weight excluding hydrogens is 240 g/mol. The first-order valence-electron chi connectivity index (χ1n) is 6.62. The number of nitrogens with zero attached hydrogens (tertiary/aromatic N) is 4. The number of fused-ring (bicyclic) bond motifs is 1. The number of hydrogen-bond donors (Lipinski definition) is 2. The van der Waals surface area contributed by atoms with Gasteiger partial charge in [-0.15, -0.1) is 10.2 Å². The Balaban J connectivity index is 1.56. The maximum atomic E-state index is 4.20. The summed E-state index contributed by atoms with van der Waals surface area (Å²) in [6.45, 7) is 0.794. The van der Waals surface area contributed by atoms with Crippen LogP contribution in [-0.2, 0) is 6.42 Å². The van der Waals surface area contributed by atoms with Crippen molar-refractivity contribution < 1.29 is 0 Å². The molecule has 2 N–H and O–H groups in total. The summed E-state index contributed by atoms with van der Waals surface area (Å²) in [6.07, 6.45) is 5.30. The van der Waals surface area contributed by atoms with Crippen LogP contribution in [0.15, 0.2) is 29.4 Å². The predicted molar refractivity (Wildman–Crippen MR) is 74.2 cm³/mol. The first-order valence-corrected chi connectivity index (χ1v) is 6.62. The average Bonchev–Trinajstić information content (AvgIpc) is 3.17. The summed E-state index contributed by atoms with van der Waals surface area (Å²) in [7, 11) is 1.80. The van der Waals surface area contributed by atoms with Gasteiger partial charge < -0.3 is 10.6 Å². The molecule has 1 aliphatic carbocycles. The molecule has 1 aliphatic rings. The Labute approximate surface area is 112 Å². The van der Waals surface area contributed by atoms with Gasteiger partial charge in [0, 0.05) is 32.3 Å². The second-order valence-corrected chi connectivity index (χ2v) is 4.71. The summed E-state index contributed by atoms with van der Waals surface area (Å²) < 4.78 is 2.01. The largest absolute Gasteiger partial charge is 0.356 e. The van der Waals surface area contributed by atoms with Crippen LogP contribution >= 0.6 is 0 Å². The van der Waals surface area contributed by atoms with Crippen molar-refractivity contribution in [1.29, 1.82) is 0 Å². The molecule has 0 atom stereocenters. The molecule has 0 amide bonds. The van der Waals surface area contributed by atoms with Crippen LogP contribution < -0.4 is 10.6 Å².